The van der Waals surface area contributed by atoms with Crippen LogP contribution in [0.15, 0.2) is 29.2 Å². The largest absolute Gasteiger partial charge is 0.326 e. The Morgan fingerprint density at radius 1 is 1.29 bits per heavy atom. The molecule has 136 valence electrons. The molecule has 1 atom stereocenters. The van der Waals surface area contributed by atoms with Crippen molar-refractivity contribution in [3.8, 4) is 0 Å². The number of nitrogens with one attached hydrogen (secondary N) is 3. The summed E-state index contributed by atoms with van der Waals surface area (Å²) in [6, 6.07) is 6.50. The monoisotopic (exact) mass is 375 g/mol. The van der Waals surface area contributed by atoms with Gasteiger partial charge in [0.15, 0.2) is 0 Å². The van der Waals surface area contributed by atoms with Crippen LogP contribution >= 0.6 is 12.4 Å². The number of amides is 1. The van der Waals surface area contributed by atoms with Crippen molar-refractivity contribution in [1.82, 2.24) is 10.0 Å². The molecule has 1 aromatic carbocycles. The molecule has 1 aliphatic rings. The van der Waals surface area contributed by atoms with Crippen LogP contribution in [0.2, 0.25) is 0 Å². The predicted molar refractivity (Wildman–Crippen MR) is 98.0 cm³/mol. The molecule has 1 amide bonds. The average molecular weight is 376 g/mol. The van der Waals surface area contributed by atoms with Crippen molar-refractivity contribution in [3.05, 3.63) is 24.3 Å². The van der Waals surface area contributed by atoms with Crippen LogP contribution in [0.3, 0.4) is 0 Å². The lowest BCUT2D eigenvalue weighted by Crippen LogP contribution is -2.30. The van der Waals surface area contributed by atoms with E-state index in [-0.39, 0.29) is 29.3 Å². The van der Waals surface area contributed by atoms with E-state index in [4.69, 9.17) is 0 Å². The van der Waals surface area contributed by atoms with Crippen LogP contribution in [0.4, 0.5) is 5.69 Å². The van der Waals surface area contributed by atoms with Gasteiger partial charge in [0.25, 0.3) is 0 Å². The Bertz CT molecular complexity index is 626. The smallest absolute Gasteiger partial charge is 0.240 e. The molecule has 0 spiro atoms. The minimum Gasteiger partial charge on any atom is -0.326 e. The molecular formula is C16H26ClN3O3S. The molecule has 0 aromatic heterocycles. The van der Waals surface area contributed by atoms with E-state index in [1.807, 2.05) is 0 Å². The van der Waals surface area contributed by atoms with Gasteiger partial charge in [-0.05, 0) is 63.9 Å². The van der Waals surface area contributed by atoms with Crippen molar-refractivity contribution in [2.45, 2.75) is 56.5 Å². The molecule has 3 N–H and O–H groups in total. The molecule has 1 unspecified atom stereocenters. The number of carbonyl (C=O) groups excluding carboxylic acids is 1. The first-order valence-corrected chi connectivity index (χ1v) is 9.51. The zero-order chi connectivity index (χ0) is 16.9. The number of halogens is 1. The summed E-state index contributed by atoms with van der Waals surface area (Å²) in [5.74, 6) is -0.0467. The Morgan fingerprint density at radius 2 is 1.96 bits per heavy atom. The zero-order valence-corrected chi connectivity index (χ0v) is 15.7. The summed E-state index contributed by atoms with van der Waals surface area (Å²) in [7, 11) is -3.50. The Morgan fingerprint density at radius 3 is 2.50 bits per heavy atom. The summed E-state index contributed by atoms with van der Waals surface area (Å²) < 4.78 is 26.6. The predicted octanol–water partition coefficient (Wildman–Crippen LogP) is 2.27. The minimum atomic E-state index is -3.50. The van der Waals surface area contributed by atoms with Crippen LogP contribution in [0, 0.1) is 0 Å². The summed E-state index contributed by atoms with van der Waals surface area (Å²) in [5.41, 5.74) is 0.609. The van der Waals surface area contributed by atoms with Crippen molar-refractivity contribution in [3.63, 3.8) is 0 Å². The van der Waals surface area contributed by atoms with Gasteiger partial charge in [0.05, 0.1) is 4.90 Å². The number of hydrogen-bond acceptors (Lipinski definition) is 4. The molecule has 1 heterocycles. The molecule has 0 aliphatic carbocycles. The van der Waals surface area contributed by atoms with Gasteiger partial charge >= 0.3 is 0 Å². The molecule has 1 saturated heterocycles. The number of sulfonamides is 1. The first kappa shape index (κ1) is 20.9. The van der Waals surface area contributed by atoms with Gasteiger partial charge in [-0.2, -0.15) is 0 Å². The highest BCUT2D eigenvalue weighted by molar-refractivity contribution is 7.89. The SMILES string of the molecule is CC(C)NS(=O)(=O)c1ccc(NC(=O)CCC2CCCN2)cc1.Cl. The van der Waals surface area contributed by atoms with E-state index >= 15 is 0 Å². The van der Waals surface area contributed by atoms with E-state index < -0.39 is 10.0 Å². The van der Waals surface area contributed by atoms with Gasteiger partial charge in [0, 0.05) is 24.2 Å². The maximum Gasteiger partial charge on any atom is 0.240 e. The fourth-order valence-corrected chi connectivity index (χ4v) is 3.88. The molecule has 1 aliphatic heterocycles. The molecule has 1 fully saturated rings. The molecule has 24 heavy (non-hydrogen) atoms. The first-order chi connectivity index (χ1) is 10.9. The van der Waals surface area contributed by atoms with Crippen LogP contribution in [-0.4, -0.2) is 33.0 Å². The normalized spacial score (nSPS) is 17.5. The van der Waals surface area contributed by atoms with Gasteiger partial charge in [-0.15, -0.1) is 12.4 Å². The van der Waals surface area contributed by atoms with Crippen molar-refractivity contribution in [2.75, 3.05) is 11.9 Å². The summed E-state index contributed by atoms with van der Waals surface area (Å²) in [4.78, 5) is 12.1. The third-order valence-corrected chi connectivity index (χ3v) is 5.40. The fourth-order valence-electron chi connectivity index (χ4n) is 2.63. The molecule has 8 heteroatoms. The average Bonchev–Trinajstić information content (AvgIpc) is 2.97. The molecule has 6 nitrogen and oxygen atoms in total. The number of carbonyl (C=O) groups is 1. The van der Waals surface area contributed by atoms with Gasteiger partial charge < -0.3 is 10.6 Å². The summed E-state index contributed by atoms with van der Waals surface area (Å²) in [6.07, 6.45) is 3.60. The van der Waals surface area contributed by atoms with Crippen molar-refractivity contribution in [1.29, 1.82) is 0 Å². The number of benzene rings is 1. The minimum absolute atomic E-state index is 0. The third kappa shape index (κ3) is 6.39. The second-order valence-electron chi connectivity index (χ2n) is 6.18. The van der Waals surface area contributed by atoms with Crippen LogP contribution in [0.1, 0.15) is 39.5 Å². The molecule has 1 aromatic rings. The number of anilines is 1. The van der Waals surface area contributed by atoms with Crippen molar-refractivity contribution < 1.29 is 13.2 Å². The Labute approximate surface area is 150 Å². The molecule has 0 radical (unpaired) electrons. The van der Waals surface area contributed by atoms with E-state index in [0.717, 1.165) is 19.4 Å². The highest BCUT2D eigenvalue weighted by Crippen LogP contribution is 2.16. The van der Waals surface area contributed by atoms with Crippen molar-refractivity contribution >= 4 is 34.0 Å². The van der Waals surface area contributed by atoms with Gasteiger partial charge in [-0.25, -0.2) is 13.1 Å². The second kappa shape index (κ2) is 9.36. The topological polar surface area (TPSA) is 87.3 Å². The molecule has 2 rings (SSSR count). The summed E-state index contributed by atoms with van der Waals surface area (Å²) in [5, 5.41) is 6.17. The van der Waals surface area contributed by atoms with Gasteiger partial charge in [-0.1, -0.05) is 0 Å². The molecule has 0 bridgehead atoms. The Balaban J connectivity index is 0.00000288. The van der Waals surface area contributed by atoms with Gasteiger partial charge in [0.1, 0.15) is 0 Å². The summed E-state index contributed by atoms with van der Waals surface area (Å²) >= 11 is 0. The Kier molecular flexibility index (Phi) is 8.15. The van der Waals surface area contributed by atoms with Crippen molar-refractivity contribution in [2.24, 2.45) is 0 Å². The quantitative estimate of drug-likeness (QED) is 0.682. The van der Waals surface area contributed by atoms with Crippen LogP contribution in [0.25, 0.3) is 0 Å². The van der Waals surface area contributed by atoms with Gasteiger partial charge in [0.2, 0.25) is 15.9 Å². The lowest BCUT2D eigenvalue weighted by molar-refractivity contribution is -0.116. The second-order valence-corrected chi connectivity index (χ2v) is 7.89. The van der Waals surface area contributed by atoms with Crippen LogP contribution < -0.4 is 15.4 Å². The van der Waals surface area contributed by atoms with E-state index in [9.17, 15) is 13.2 Å². The number of hydrogen-bond donors (Lipinski definition) is 3. The van der Waals surface area contributed by atoms with Crippen LogP contribution in [-0.2, 0) is 14.8 Å². The highest BCUT2D eigenvalue weighted by Gasteiger charge is 2.16. The zero-order valence-electron chi connectivity index (χ0n) is 14.0. The van der Waals surface area contributed by atoms with Gasteiger partial charge in [-0.3, -0.25) is 4.79 Å². The van der Waals surface area contributed by atoms with Crippen LogP contribution in [0.5, 0.6) is 0 Å². The molecular weight excluding hydrogens is 350 g/mol. The maximum absolute atomic E-state index is 12.0. The molecule has 0 saturated carbocycles. The highest BCUT2D eigenvalue weighted by atomic mass is 35.5. The van der Waals surface area contributed by atoms with E-state index in [1.165, 1.54) is 18.6 Å². The fraction of sp³-hybridized carbons (Fsp3) is 0.562. The first-order valence-electron chi connectivity index (χ1n) is 8.02. The van der Waals surface area contributed by atoms with E-state index in [1.54, 1.807) is 26.0 Å². The Hall–Kier alpha value is -1.15. The maximum atomic E-state index is 12.0. The summed E-state index contributed by atoms with van der Waals surface area (Å²) in [6.45, 7) is 4.57. The lowest BCUT2D eigenvalue weighted by atomic mass is 10.1. The van der Waals surface area contributed by atoms with E-state index in [0.29, 0.717) is 18.2 Å². The lowest BCUT2D eigenvalue weighted by Gasteiger charge is -2.11. The van der Waals surface area contributed by atoms with E-state index in [2.05, 4.69) is 15.4 Å². The third-order valence-electron chi connectivity index (χ3n) is 3.72. The standard InChI is InChI=1S/C16H25N3O3S.ClH/c1-12(2)19-23(21,22)15-8-5-14(6-9-15)18-16(20)10-7-13-4-3-11-17-13;/h5-6,8-9,12-13,17,19H,3-4,7,10-11H2,1-2H3,(H,18,20);1H. The number of rotatable bonds is 7.